The Morgan fingerprint density at radius 3 is 2.38 bits per heavy atom. The molecule has 4 aromatic carbocycles. The maximum absolute atomic E-state index is 10.2. The molecule has 4 heteroatoms. The lowest BCUT2D eigenvalue weighted by molar-refractivity contribution is 0.261. The first-order valence-electron chi connectivity index (χ1n) is 10.9. The van der Waals surface area contributed by atoms with Gasteiger partial charge in [0, 0.05) is 12.5 Å². The van der Waals surface area contributed by atoms with Crippen LogP contribution in [0.5, 0.6) is 17.2 Å². The molecule has 0 aliphatic heterocycles. The average Bonchev–Trinajstić information content (AvgIpc) is 3.12. The van der Waals surface area contributed by atoms with Crippen LogP contribution >= 0.6 is 0 Å². The van der Waals surface area contributed by atoms with Crippen LogP contribution in [-0.4, -0.2) is 44.4 Å². The van der Waals surface area contributed by atoms with Gasteiger partial charge < -0.3 is 19.5 Å². The molecular formula is C28H27NO3. The quantitative estimate of drug-likeness (QED) is 0.381. The van der Waals surface area contributed by atoms with E-state index in [4.69, 9.17) is 9.47 Å². The molecule has 0 radical (unpaired) electrons. The fraction of sp³-hybridized carbons (Fsp3) is 0.214. The van der Waals surface area contributed by atoms with E-state index in [1.165, 1.54) is 27.6 Å². The van der Waals surface area contributed by atoms with Crippen LogP contribution in [0.3, 0.4) is 0 Å². The third-order valence-electron chi connectivity index (χ3n) is 6.22. The van der Waals surface area contributed by atoms with Crippen LogP contribution in [0.4, 0.5) is 0 Å². The monoisotopic (exact) mass is 425 g/mol. The lowest BCUT2D eigenvalue weighted by atomic mass is 9.86. The van der Waals surface area contributed by atoms with E-state index in [-0.39, 0.29) is 11.7 Å². The molecule has 0 fully saturated rings. The van der Waals surface area contributed by atoms with Crippen LogP contribution in [0.25, 0.3) is 21.9 Å². The maximum atomic E-state index is 10.2. The van der Waals surface area contributed by atoms with Crippen molar-refractivity contribution in [2.24, 2.45) is 0 Å². The largest absolute Gasteiger partial charge is 0.508 e. The van der Waals surface area contributed by atoms with E-state index >= 15 is 0 Å². The van der Waals surface area contributed by atoms with Crippen molar-refractivity contribution in [2.75, 3.05) is 34.4 Å². The second-order valence-electron chi connectivity index (χ2n) is 8.54. The van der Waals surface area contributed by atoms with Gasteiger partial charge in [-0.15, -0.1) is 0 Å². The molecule has 1 aliphatic carbocycles. The first kappa shape index (κ1) is 20.4. The lowest BCUT2D eigenvalue weighted by Gasteiger charge is -2.18. The van der Waals surface area contributed by atoms with Gasteiger partial charge in [-0.3, -0.25) is 0 Å². The average molecular weight is 426 g/mol. The molecule has 0 amide bonds. The Morgan fingerprint density at radius 2 is 1.62 bits per heavy atom. The van der Waals surface area contributed by atoms with Crippen molar-refractivity contribution in [3.8, 4) is 28.4 Å². The second kappa shape index (κ2) is 8.21. The Bertz CT molecular complexity index is 1280. The summed E-state index contributed by atoms with van der Waals surface area (Å²) in [5, 5.41) is 12.5. The molecule has 4 nitrogen and oxygen atoms in total. The number of nitrogens with zero attached hydrogens (tertiary/aromatic N) is 1. The Kier molecular flexibility index (Phi) is 5.24. The molecule has 1 unspecified atom stereocenters. The molecule has 0 saturated heterocycles. The summed E-state index contributed by atoms with van der Waals surface area (Å²) in [6.45, 7) is 1.54. The van der Waals surface area contributed by atoms with Crippen LogP contribution in [-0.2, 0) is 0 Å². The number of methoxy groups -OCH3 is 1. The summed E-state index contributed by atoms with van der Waals surface area (Å²) < 4.78 is 11.3. The minimum absolute atomic E-state index is 0.0912. The number of likely N-dealkylation sites (N-methyl/N-ethyl adjacent to an activating group) is 1. The molecule has 0 heterocycles. The normalized spacial score (nSPS) is 14.4. The first-order valence-corrected chi connectivity index (χ1v) is 10.9. The Hall–Kier alpha value is -3.50. The van der Waals surface area contributed by atoms with Crippen LogP contribution in [0.15, 0.2) is 72.8 Å². The number of ether oxygens (including phenoxy) is 2. The molecular weight excluding hydrogens is 398 g/mol. The van der Waals surface area contributed by atoms with Crippen molar-refractivity contribution < 1.29 is 14.6 Å². The van der Waals surface area contributed by atoms with Crippen LogP contribution < -0.4 is 9.47 Å². The lowest BCUT2D eigenvalue weighted by Crippen LogP contribution is -2.19. The van der Waals surface area contributed by atoms with Gasteiger partial charge in [0.1, 0.15) is 23.9 Å². The number of fused-ring (bicyclic) bond motifs is 5. The molecule has 4 aromatic rings. The highest BCUT2D eigenvalue weighted by Crippen LogP contribution is 2.51. The highest BCUT2D eigenvalue weighted by molar-refractivity contribution is 5.98. The third-order valence-corrected chi connectivity index (χ3v) is 6.22. The van der Waals surface area contributed by atoms with E-state index in [0.717, 1.165) is 29.0 Å². The Balaban J connectivity index is 1.60. The minimum atomic E-state index is 0.0912. The zero-order valence-electron chi connectivity index (χ0n) is 18.6. The molecule has 162 valence electrons. The smallest absolute Gasteiger partial charge is 0.119 e. The van der Waals surface area contributed by atoms with Gasteiger partial charge in [-0.1, -0.05) is 36.4 Å². The van der Waals surface area contributed by atoms with Gasteiger partial charge in [0.05, 0.1) is 7.11 Å². The maximum Gasteiger partial charge on any atom is 0.119 e. The first-order chi connectivity index (χ1) is 15.5. The van der Waals surface area contributed by atoms with E-state index in [0.29, 0.717) is 6.61 Å². The SMILES string of the molecule is COc1ccc2c3c(ccc2c1)-c1cc(O)ccc1C3c1ccc(OCCN(C)C)cc1. The molecule has 0 bridgehead atoms. The van der Waals surface area contributed by atoms with Crippen molar-refractivity contribution in [2.45, 2.75) is 5.92 Å². The van der Waals surface area contributed by atoms with Gasteiger partial charge in [-0.25, -0.2) is 0 Å². The molecule has 0 aromatic heterocycles. The number of benzene rings is 4. The molecule has 5 rings (SSSR count). The van der Waals surface area contributed by atoms with Crippen molar-refractivity contribution in [3.63, 3.8) is 0 Å². The zero-order chi connectivity index (χ0) is 22.2. The second-order valence-corrected chi connectivity index (χ2v) is 8.54. The predicted octanol–water partition coefficient (Wildman–Crippen LogP) is 5.66. The van der Waals surface area contributed by atoms with Crippen molar-refractivity contribution in [1.82, 2.24) is 4.90 Å². The minimum Gasteiger partial charge on any atom is -0.508 e. The molecule has 32 heavy (non-hydrogen) atoms. The van der Waals surface area contributed by atoms with E-state index < -0.39 is 0 Å². The topological polar surface area (TPSA) is 41.9 Å². The summed E-state index contributed by atoms with van der Waals surface area (Å²) in [6.07, 6.45) is 0. The van der Waals surface area contributed by atoms with Crippen molar-refractivity contribution in [1.29, 1.82) is 0 Å². The molecule has 0 spiro atoms. The van der Waals surface area contributed by atoms with Gasteiger partial charge in [-0.2, -0.15) is 0 Å². The highest BCUT2D eigenvalue weighted by atomic mass is 16.5. The van der Waals surface area contributed by atoms with E-state index in [9.17, 15) is 5.11 Å². The third kappa shape index (κ3) is 3.57. The zero-order valence-corrected chi connectivity index (χ0v) is 18.6. The van der Waals surface area contributed by atoms with Gasteiger partial charge in [0.2, 0.25) is 0 Å². The highest BCUT2D eigenvalue weighted by Gasteiger charge is 2.32. The number of phenols is 1. The fourth-order valence-corrected chi connectivity index (χ4v) is 4.64. The van der Waals surface area contributed by atoms with Crippen LogP contribution in [0, 0.1) is 0 Å². The Labute approximate surface area is 188 Å². The van der Waals surface area contributed by atoms with Gasteiger partial charge in [0.25, 0.3) is 0 Å². The summed E-state index contributed by atoms with van der Waals surface area (Å²) >= 11 is 0. The number of rotatable bonds is 6. The predicted molar refractivity (Wildman–Crippen MR) is 129 cm³/mol. The summed E-state index contributed by atoms with van der Waals surface area (Å²) in [4.78, 5) is 2.11. The Morgan fingerprint density at radius 1 is 0.844 bits per heavy atom. The summed E-state index contributed by atoms with van der Waals surface area (Å²) in [7, 11) is 5.77. The van der Waals surface area contributed by atoms with Crippen molar-refractivity contribution >= 4 is 10.8 Å². The standard InChI is InChI=1S/C28H27NO3/c1-29(2)14-15-32-21-8-4-18(5-9-21)27-24-12-7-20(30)17-26(24)25-11-6-19-16-22(31-3)10-13-23(19)28(25)27/h4-13,16-17,27,30H,14-15H2,1-3H3. The summed E-state index contributed by atoms with van der Waals surface area (Å²) in [5.74, 6) is 2.10. The van der Waals surface area contributed by atoms with Crippen LogP contribution in [0.1, 0.15) is 22.6 Å². The summed E-state index contributed by atoms with van der Waals surface area (Å²) in [6, 6.07) is 24.7. The van der Waals surface area contributed by atoms with Crippen LogP contribution in [0.2, 0.25) is 0 Å². The number of hydrogen-bond acceptors (Lipinski definition) is 4. The van der Waals surface area contributed by atoms with Gasteiger partial charge in [-0.05, 0) is 89.1 Å². The fourth-order valence-electron chi connectivity index (χ4n) is 4.64. The number of aromatic hydroxyl groups is 1. The van der Waals surface area contributed by atoms with E-state index in [1.807, 2.05) is 32.3 Å². The van der Waals surface area contributed by atoms with Gasteiger partial charge in [0.15, 0.2) is 0 Å². The molecule has 1 aliphatic rings. The van der Waals surface area contributed by atoms with Gasteiger partial charge >= 0.3 is 0 Å². The van der Waals surface area contributed by atoms with E-state index in [2.05, 4.69) is 53.4 Å². The molecule has 0 saturated carbocycles. The number of hydrogen-bond donors (Lipinski definition) is 1. The summed E-state index contributed by atoms with van der Waals surface area (Å²) in [5.41, 5.74) is 5.95. The van der Waals surface area contributed by atoms with Crippen molar-refractivity contribution in [3.05, 3.63) is 89.5 Å². The molecule has 1 atom stereocenters. The van der Waals surface area contributed by atoms with E-state index in [1.54, 1.807) is 13.2 Å². The number of phenolic OH excluding ortho intramolecular Hbond substituents is 1. The molecule has 1 N–H and O–H groups in total.